The van der Waals surface area contributed by atoms with Crippen LogP contribution in [0.15, 0.2) is 35.0 Å². The lowest BCUT2D eigenvalue weighted by molar-refractivity contribution is -0.385. The van der Waals surface area contributed by atoms with Crippen LogP contribution in [0.3, 0.4) is 0 Å². The number of nitrogens with zero attached hydrogens (tertiary/aromatic N) is 1. The van der Waals surface area contributed by atoms with E-state index in [0.29, 0.717) is 12.4 Å². The Hall–Kier alpha value is -2.08. The van der Waals surface area contributed by atoms with E-state index in [1.807, 2.05) is 6.92 Å². The maximum Gasteiger partial charge on any atom is 0.311 e. The summed E-state index contributed by atoms with van der Waals surface area (Å²) in [5.74, 6) is 0.301. The topological polar surface area (TPSA) is 64.4 Å². The van der Waals surface area contributed by atoms with E-state index in [-0.39, 0.29) is 11.7 Å². The summed E-state index contributed by atoms with van der Waals surface area (Å²) in [5, 5.41) is 18.5. The summed E-state index contributed by atoms with van der Waals surface area (Å²) < 4.78 is 5.35. The van der Waals surface area contributed by atoms with E-state index in [1.54, 1.807) is 23.5 Å². The lowest BCUT2D eigenvalue weighted by atomic mass is 10.1. The fourth-order valence-electron chi connectivity index (χ4n) is 2.12. The third-order valence-corrected chi connectivity index (χ3v) is 3.72. The van der Waals surface area contributed by atoms with Gasteiger partial charge in [-0.3, -0.25) is 10.1 Å². The normalized spacial score (nSPS) is 11.9. The molecule has 0 bridgehead atoms. The van der Waals surface area contributed by atoms with E-state index in [9.17, 15) is 10.1 Å². The molecule has 2 aromatic rings. The SMILES string of the molecule is CCOc1cc(NC(C)Cc2ccsc2)ccc1[N+](=O)[O-]. The number of benzene rings is 1. The zero-order valence-corrected chi connectivity index (χ0v) is 12.9. The monoisotopic (exact) mass is 306 g/mol. The van der Waals surface area contributed by atoms with Crippen molar-refractivity contribution in [1.29, 1.82) is 0 Å². The third-order valence-electron chi connectivity index (χ3n) is 2.99. The molecule has 0 aliphatic heterocycles. The maximum absolute atomic E-state index is 10.9. The number of anilines is 1. The summed E-state index contributed by atoms with van der Waals surface area (Å²) in [4.78, 5) is 10.5. The molecule has 0 radical (unpaired) electrons. The number of thiophene rings is 1. The van der Waals surface area contributed by atoms with Gasteiger partial charge in [0.1, 0.15) is 0 Å². The van der Waals surface area contributed by atoms with Gasteiger partial charge in [0, 0.05) is 23.9 Å². The molecule has 1 heterocycles. The summed E-state index contributed by atoms with van der Waals surface area (Å²) in [5.41, 5.74) is 2.10. The summed E-state index contributed by atoms with van der Waals surface area (Å²) in [6.07, 6.45) is 0.907. The van der Waals surface area contributed by atoms with Crippen LogP contribution in [-0.4, -0.2) is 17.6 Å². The minimum absolute atomic E-state index is 0.00659. The highest BCUT2D eigenvalue weighted by Gasteiger charge is 2.16. The lowest BCUT2D eigenvalue weighted by Gasteiger charge is -2.15. The predicted octanol–water partition coefficient (Wildman–Crippen LogP) is 4.10. The average molecular weight is 306 g/mol. The molecule has 1 N–H and O–H groups in total. The smallest absolute Gasteiger partial charge is 0.311 e. The molecule has 6 heteroatoms. The summed E-state index contributed by atoms with van der Waals surface area (Å²) >= 11 is 1.68. The molecule has 1 aromatic carbocycles. The first-order chi connectivity index (χ1) is 10.1. The summed E-state index contributed by atoms with van der Waals surface area (Å²) in [7, 11) is 0. The standard InChI is InChI=1S/C15H18N2O3S/c1-3-20-15-9-13(4-5-14(15)17(18)19)16-11(2)8-12-6-7-21-10-12/h4-7,9-11,16H,3,8H2,1-2H3. The molecule has 2 rings (SSSR count). The largest absolute Gasteiger partial charge is 0.487 e. The van der Waals surface area contributed by atoms with Gasteiger partial charge < -0.3 is 10.1 Å². The van der Waals surface area contributed by atoms with Crippen LogP contribution in [0.25, 0.3) is 0 Å². The van der Waals surface area contributed by atoms with Gasteiger partial charge in [-0.05, 0) is 48.7 Å². The minimum Gasteiger partial charge on any atom is -0.487 e. The molecule has 0 aliphatic carbocycles. The molecule has 0 spiro atoms. The Kier molecular flexibility index (Phi) is 5.16. The average Bonchev–Trinajstić information content (AvgIpc) is 2.91. The van der Waals surface area contributed by atoms with Gasteiger partial charge in [-0.15, -0.1) is 0 Å². The molecule has 112 valence electrons. The van der Waals surface area contributed by atoms with Crippen molar-refractivity contribution < 1.29 is 9.66 Å². The van der Waals surface area contributed by atoms with Crippen molar-refractivity contribution in [2.24, 2.45) is 0 Å². The van der Waals surface area contributed by atoms with Crippen molar-refractivity contribution >= 4 is 22.7 Å². The van der Waals surface area contributed by atoms with Gasteiger partial charge in [-0.25, -0.2) is 0 Å². The van der Waals surface area contributed by atoms with Gasteiger partial charge >= 0.3 is 5.69 Å². The van der Waals surface area contributed by atoms with Crippen LogP contribution in [0.5, 0.6) is 5.75 Å². The highest BCUT2D eigenvalue weighted by Crippen LogP contribution is 2.30. The number of ether oxygens (including phenoxy) is 1. The number of nitrogens with one attached hydrogen (secondary N) is 1. The highest BCUT2D eigenvalue weighted by molar-refractivity contribution is 7.07. The van der Waals surface area contributed by atoms with Crippen LogP contribution in [0.1, 0.15) is 19.4 Å². The minimum atomic E-state index is -0.427. The van der Waals surface area contributed by atoms with Crippen molar-refractivity contribution in [2.45, 2.75) is 26.3 Å². The fraction of sp³-hybridized carbons (Fsp3) is 0.333. The van der Waals surface area contributed by atoms with Crippen LogP contribution in [-0.2, 0) is 6.42 Å². The number of nitro benzene ring substituents is 1. The Morgan fingerprint density at radius 2 is 2.24 bits per heavy atom. The third kappa shape index (κ3) is 4.19. The van der Waals surface area contributed by atoms with Crippen LogP contribution in [0.4, 0.5) is 11.4 Å². The highest BCUT2D eigenvalue weighted by atomic mass is 32.1. The molecule has 0 saturated carbocycles. The van der Waals surface area contributed by atoms with Gasteiger partial charge in [-0.1, -0.05) is 0 Å². The first kappa shape index (κ1) is 15.3. The number of rotatable bonds is 7. The molecular formula is C15H18N2O3S. The Balaban J connectivity index is 2.09. The second kappa shape index (κ2) is 7.08. The summed E-state index contributed by atoms with van der Waals surface area (Å²) in [6.45, 7) is 4.29. The molecule has 1 atom stereocenters. The molecule has 1 unspecified atom stereocenters. The fourth-order valence-corrected chi connectivity index (χ4v) is 2.81. The van der Waals surface area contributed by atoms with E-state index in [1.165, 1.54) is 11.6 Å². The van der Waals surface area contributed by atoms with Crippen LogP contribution >= 0.6 is 11.3 Å². The van der Waals surface area contributed by atoms with E-state index < -0.39 is 4.92 Å². The van der Waals surface area contributed by atoms with Gasteiger partial charge in [-0.2, -0.15) is 11.3 Å². The first-order valence-electron chi connectivity index (χ1n) is 6.79. The Morgan fingerprint density at radius 1 is 1.43 bits per heavy atom. The van der Waals surface area contributed by atoms with Crippen molar-refractivity contribution in [3.63, 3.8) is 0 Å². The van der Waals surface area contributed by atoms with E-state index in [4.69, 9.17) is 4.74 Å². The van der Waals surface area contributed by atoms with Gasteiger partial charge in [0.15, 0.2) is 5.75 Å². The molecule has 0 saturated heterocycles. The van der Waals surface area contributed by atoms with Crippen molar-refractivity contribution in [2.75, 3.05) is 11.9 Å². The second-order valence-corrected chi connectivity index (χ2v) is 5.53. The van der Waals surface area contributed by atoms with E-state index in [2.05, 4.69) is 29.1 Å². The lowest BCUT2D eigenvalue weighted by Crippen LogP contribution is -2.17. The second-order valence-electron chi connectivity index (χ2n) is 4.75. The quantitative estimate of drug-likeness (QED) is 0.618. The van der Waals surface area contributed by atoms with Gasteiger partial charge in [0.25, 0.3) is 0 Å². The van der Waals surface area contributed by atoms with Crippen molar-refractivity contribution in [1.82, 2.24) is 0 Å². The number of hydrogen-bond donors (Lipinski definition) is 1. The van der Waals surface area contributed by atoms with Crippen LogP contribution in [0.2, 0.25) is 0 Å². The Bertz CT molecular complexity index is 599. The Morgan fingerprint density at radius 3 is 2.86 bits per heavy atom. The van der Waals surface area contributed by atoms with Gasteiger partial charge in [0.05, 0.1) is 11.5 Å². The Labute approximate surface area is 127 Å². The van der Waals surface area contributed by atoms with Crippen LogP contribution < -0.4 is 10.1 Å². The first-order valence-corrected chi connectivity index (χ1v) is 7.73. The number of nitro groups is 1. The maximum atomic E-state index is 10.9. The number of hydrogen-bond acceptors (Lipinski definition) is 5. The van der Waals surface area contributed by atoms with Gasteiger partial charge in [0.2, 0.25) is 0 Å². The van der Waals surface area contributed by atoms with E-state index in [0.717, 1.165) is 12.1 Å². The zero-order valence-electron chi connectivity index (χ0n) is 12.0. The summed E-state index contributed by atoms with van der Waals surface area (Å²) in [6, 6.07) is 7.21. The molecule has 21 heavy (non-hydrogen) atoms. The van der Waals surface area contributed by atoms with Crippen LogP contribution in [0, 0.1) is 10.1 Å². The molecular weight excluding hydrogens is 288 g/mol. The molecule has 5 nitrogen and oxygen atoms in total. The van der Waals surface area contributed by atoms with Crippen molar-refractivity contribution in [3.05, 3.63) is 50.7 Å². The molecule has 0 aliphatic rings. The molecule has 0 amide bonds. The predicted molar refractivity (Wildman–Crippen MR) is 85.4 cm³/mol. The molecule has 1 aromatic heterocycles. The molecule has 0 fully saturated rings. The zero-order chi connectivity index (χ0) is 15.2. The van der Waals surface area contributed by atoms with Crippen molar-refractivity contribution in [3.8, 4) is 5.75 Å². The van der Waals surface area contributed by atoms with E-state index >= 15 is 0 Å².